The summed E-state index contributed by atoms with van der Waals surface area (Å²) in [7, 11) is 2.05. The number of carboxylic acids is 1. The number of carboxylic acid groups (broad SMARTS) is 1. The second-order valence-corrected chi connectivity index (χ2v) is 5.19. The van der Waals surface area contributed by atoms with Crippen molar-refractivity contribution in [1.82, 2.24) is 10.2 Å². The van der Waals surface area contributed by atoms with Crippen molar-refractivity contribution in [1.29, 1.82) is 0 Å². The molecule has 0 fully saturated rings. The Kier molecular flexibility index (Phi) is 6.68. The molecule has 0 atom stereocenters. The molecule has 116 valence electrons. The Morgan fingerprint density at radius 3 is 2.38 bits per heavy atom. The molecule has 0 aromatic heterocycles. The SMILES string of the molecule is CC(C)N(C)CCCNC(=O)Nc1ccc(C(=O)O)cc1. The maximum Gasteiger partial charge on any atom is 0.335 e. The third-order valence-corrected chi connectivity index (χ3v) is 3.24. The molecule has 0 bridgehead atoms. The number of urea groups is 1. The zero-order chi connectivity index (χ0) is 15.8. The van der Waals surface area contributed by atoms with Crippen LogP contribution in [0.4, 0.5) is 10.5 Å². The average molecular weight is 293 g/mol. The van der Waals surface area contributed by atoms with Crippen LogP contribution in [0, 0.1) is 0 Å². The van der Waals surface area contributed by atoms with Crippen molar-refractivity contribution in [3.05, 3.63) is 29.8 Å². The molecule has 21 heavy (non-hydrogen) atoms. The van der Waals surface area contributed by atoms with Crippen LogP contribution >= 0.6 is 0 Å². The fraction of sp³-hybridized carbons (Fsp3) is 0.467. The second kappa shape index (κ2) is 8.26. The number of rotatable bonds is 7. The number of carbonyl (C=O) groups excluding carboxylic acids is 1. The van der Waals surface area contributed by atoms with E-state index < -0.39 is 5.97 Å². The summed E-state index contributed by atoms with van der Waals surface area (Å²) < 4.78 is 0. The molecule has 2 amide bonds. The van der Waals surface area contributed by atoms with Crippen LogP contribution in [-0.2, 0) is 0 Å². The molecular formula is C15H23N3O3. The molecule has 6 nitrogen and oxygen atoms in total. The van der Waals surface area contributed by atoms with Gasteiger partial charge in [0.05, 0.1) is 5.56 Å². The molecule has 1 aromatic rings. The van der Waals surface area contributed by atoms with Crippen LogP contribution in [0.15, 0.2) is 24.3 Å². The van der Waals surface area contributed by atoms with Gasteiger partial charge in [-0.1, -0.05) is 0 Å². The first-order valence-electron chi connectivity index (χ1n) is 6.98. The molecule has 0 aliphatic carbocycles. The minimum atomic E-state index is -0.986. The Hall–Kier alpha value is -2.08. The Morgan fingerprint density at radius 1 is 1.24 bits per heavy atom. The smallest absolute Gasteiger partial charge is 0.335 e. The van der Waals surface area contributed by atoms with Crippen LogP contribution in [0.2, 0.25) is 0 Å². The molecule has 0 unspecified atom stereocenters. The van der Waals surface area contributed by atoms with Gasteiger partial charge >= 0.3 is 12.0 Å². The minimum Gasteiger partial charge on any atom is -0.478 e. The maximum atomic E-state index is 11.7. The van der Waals surface area contributed by atoms with Crippen molar-refractivity contribution in [3.8, 4) is 0 Å². The van der Waals surface area contributed by atoms with E-state index in [0.717, 1.165) is 13.0 Å². The number of hydrogen-bond acceptors (Lipinski definition) is 3. The van der Waals surface area contributed by atoms with E-state index in [9.17, 15) is 9.59 Å². The first-order chi connectivity index (χ1) is 9.90. The lowest BCUT2D eigenvalue weighted by Crippen LogP contribution is -2.33. The van der Waals surface area contributed by atoms with E-state index in [4.69, 9.17) is 5.11 Å². The number of amides is 2. The van der Waals surface area contributed by atoms with Gasteiger partial charge in [0.15, 0.2) is 0 Å². The van der Waals surface area contributed by atoms with Crippen molar-refractivity contribution in [2.24, 2.45) is 0 Å². The topological polar surface area (TPSA) is 81.7 Å². The molecule has 0 aliphatic heterocycles. The van der Waals surface area contributed by atoms with Gasteiger partial charge in [0.25, 0.3) is 0 Å². The predicted octanol–water partition coefficient (Wildman–Crippen LogP) is 2.24. The Bertz CT molecular complexity index is 472. The molecule has 0 saturated heterocycles. The van der Waals surface area contributed by atoms with E-state index >= 15 is 0 Å². The number of benzene rings is 1. The van der Waals surface area contributed by atoms with Gasteiger partial charge in [-0.2, -0.15) is 0 Å². The molecule has 3 N–H and O–H groups in total. The third kappa shape index (κ3) is 6.27. The molecule has 0 aliphatic rings. The fourth-order valence-corrected chi connectivity index (χ4v) is 1.66. The lowest BCUT2D eigenvalue weighted by molar-refractivity contribution is 0.0697. The van der Waals surface area contributed by atoms with E-state index in [-0.39, 0.29) is 11.6 Å². The molecule has 0 spiro atoms. The van der Waals surface area contributed by atoms with Crippen LogP contribution in [0.5, 0.6) is 0 Å². The predicted molar refractivity (Wildman–Crippen MR) is 82.8 cm³/mol. The summed E-state index contributed by atoms with van der Waals surface area (Å²) >= 11 is 0. The van der Waals surface area contributed by atoms with Crippen molar-refractivity contribution in [3.63, 3.8) is 0 Å². The lowest BCUT2D eigenvalue weighted by Gasteiger charge is -2.20. The van der Waals surface area contributed by atoms with E-state index in [1.54, 1.807) is 12.1 Å². The lowest BCUT2D eigenvalue weighted by atomic mass is 10.2. The molecule has 0 heterocycles. The summed E-state index contributed by atoms with van der Waals surface area (Å²) in [5.74, 6) is -0.986. The highest BCUT2D eigenvalue weighted by Gasteiger charge is 2.05. The third-order valence-electron chi connectivity index (χ3n) is 3.24. The van der Waals surface area contributed by atoms with Gasteiger partial charge in [0, 0.05) is 18.3 Å². The number of nitrogens with zero attached hydrogens (tertiary/aromatic N) is 1. The maximum absolute atomic E-state index is 11.7. The second-order valence-electron chi connectivity index (χ2n) is 5.19. The Balaban J connectivity index is 2.29. The normalized spacial score (nSPS) is 10.7. The highest BCUT2D eigenvalue weighted by atomic mass is 16.4. The van der Waals surface area contributed by atoms with Crippen molar-refractivity contribution < 1.29 is 14.7 Å². The fourth-order valence-electron chi connectivity index (χ4n) is 1.66. The summed E-state index contributed by atoms with van der Waals surface area (Å²) in [5.41, 5.74) is 0.759. The van der Waals surface area contributed by atoms with E-state index in [1.165, 1.54) is 12.1 Å². The van der Waals surface area contributed by atoms with Gasteiger partial charge in [-0.05, 0) is 58.1 Å². The standard InChI is InChI=1S/C15H23N3O3/c1-11(2)18(3)10-4-9-16-15(21)17-13-7-5-12(6-8-13)14(19)20/h5-8,11H,4,9-10H2,1-3H3,(H,19,20)(H2,16,17,21). The summed E-state index contributed by atoms with van der Waals surface area (Å²) in [6, 6.07) is 6.24. The number of nitrogens with one attached hydrogen (secondary N) is 2. The molecule has 6 heteroatoms. The zero-order valence-corrected chi connectivity index (χ0v) is 12.7. The quantitative estimate of drug-likeness (QED) is 0.673. The molecule has 0 radical (unpaired) electrons. The first kappa shape index (κ1) is 17.0. The van der Waals surface area contributed by atoms with E-state index in [0.29, 0.717) is 18.3 Å². The summed E-state index contributed by atoms with van der Waals surface area (Å²) in [6.07, 6.45) is 0.875. The molecule has 0 saturated carbocycles. The molecular weight excluding hydrogens is 270 g/mol. The largest absolute Gasteiger partial charge is 0.478 e. The van der Waals surface area contributed by atoms with Gasteiger partial charge in [0.1, 0.15) is 0 Å². The first-order valence-corrected chi connectivity index (χ1v) is 6.98. The number of carbonyl (C=O) groups is 2. The van der Waals surface area contributed by atoms with Gasteiger partial charge in [0.2, 0.25) is 0 Å². The van der Waals surface area contributed by atoms with Gasteiger partial charge in [-0.25, -0.2) is 9.59 Å². The van der Waals surface area contributed by atoms with Gasteiger partial charge in [-0.15, -0.1) is 0 Å². The zero-order valence-electron chi connectivity index (χ0n) is 12.7. The highest BCUT2D eigenvalue weighted by Crippen LogP contribution is 2.09. The number of anilines is 1. The summed E-state index contributed by atoms with van der Waals surface area (Å²) in [6.45, 7) is 5.77. The van der Waals surface area contributed by atoms with Gasteiger partial charge < -0.3 is 20.6 Å². The van der Waals surface area contributed by atoms with Crippen molar-refractivity contribution in [2.75, 3.05) is 25.5 Å². The number of aromatic carboxylic acids is 1. The highest BCUT2D eigenvalue weighted by molar-refractivity contribution is 5.91. The number of hydrogen-bond donors (Lipinski definition) is 3. The van der Waals surface area contributed by atoms with Crippen LogP contribution in [0.1, 0.15) is 30.6 Å². The summed E-state index contributed by atoms with van der Waals surface area (Å²) in [4.78, 5) is 24.6. The van der Waals surface area contributed by atoms with Crippen LogP contribution in [0.3, 0.4) is 0 Å². The summed E-state index contributed by atoms with van der Waals surface area (Å²) in [5, 5.41) is 14.2. The monoisotopic (exact) mass is 293 g/mol. The average Bonchev–Trinajstić information content (AvgIpc) is 2.43. The minimum absolute atomic E-state index is 0.192. The van der Waals surface area contributed by atoms with Crippen LogP contribution in [-0.4, -0.2) is 48.2 Å². The van der Waals surface area contributed by atoms with E-state index in [2.05, 4.69) is 36.4 Å². The van der Waals surface area contributed by atoms with Crippen LogP contribution < -0.4 is 10.6 Å². The van der Waals surface area contributed by atoms with Crippen molar-refractivity contribution >= 4 is 17.7 Å². The van der Waals surface area contributed by atoms with Gasteiger partial charge in [-0.3, -0.25) is 0 Å². The Morgan fingerprint density at radius 2 is 1.86 bits per heavy atom. The molecule has 1 rings (SSSR count). The Labute approximate surface area is 125 Å². The van der Waals surface area contributed by atoms with Crippen LogP contribution in [0.25, 0.3) is 0 Å². The van der Waals surface area contributed by atoms with E-state index in [1.807, 2.05) is 0 Å². The molecule has 1 aromatic carbocycles. The van der Waals surface area contributed by atoms with Crippen molar-refractivity contribution in [2.45, 2.75) is 26.3 Å².